The van der Waals surface area contributed by atoms with Crippen LogP contribution in [0.5, 0.6) is 17.2 Å². The molecule has 0 unspecified atom stereocenters. The molecular formula is C25H30O6. The van der Waals surface area contributed by atoms with E-state index in [0.29, 0.717) is 36.7 Å². The van der Waals surface area contributed by atoms with Gasteiger partial charge in [-0.3, -0.25) is 4.79 Å². The molecule has 6 heteroatoms. The zero-order valence-corrected chi connectivity index (χ0v) is 18.9. The maximum absolute atomic E-state index is 12.7. The summed E-state index contributed by atoms with van der Waals surface area (Å²) in [5.74, 6) is 0.938. The van der Waals surface area contributed by atoms with E-state index in [1.807, 2.05) is 31.2 Å². The van der Waals surface area contributed by atoms with Gasteiger partial charge in [0.15, 0.2) is 22.9 Å². The van der Waals surface area contributed by atoms with Crippen molar-refractivity contribution in [3.05, 3.63) is 41.5 Å². The summed E-state index contributed by atoms with van der Waals surface area (Å²) in [6.07, 6.45) is 2.88. The van der Waals surface area contributed by atoms with Gasteiger partial charge in [0.2, 0.25) is 5.75 Å². The van der Waals surface area contributed by atoms with Crippen LogP contribution in [0.4, 0.5) is 0 Å². The number of ether oxygens (including phenoxy) is 4. The third-order valence-electron chi connectivity index (χ3n) is 5.45. The molecule has 6 nitrogen and oxygen atoms in total. The van der Waals surface area contributed by atoms with Gasteiger partial charge in [-0.25, -0.2) is 4.79 Å². The molecule has 0 fully saturated rings. The van der Waals surface area contributed by atoms with E-state index in [1.54, 1.807) is 27.0 Å². The second-order valence-electron chi connectivity index (χ2n) is 8.03. The van der Waals surface area contributed by atoms with Gasteiger partial charge < -0.3 is 18.9 Å². The quantitative estimate of drug-likeness (QED) is 0.415. The largest absolute Gasteiger partial charge is 0.493 e. The summed E-state index contributed by atoms with van der Waals surface area (Å²) in [7, 11) is 3.07. The van der Waals surface area contributed by atoms with Gasteiger partial charge in [-0.1, -0.05) is 31.5 Å². The Hall–Kier alpha value is -3.02. The van der Waals surface area contributed by atoms with Crippen molar-refractivity contribution in [2.75, 3.05) is 20.8 Å². The number of benzene rings is 2. The van der Waals surface area contributed by atoms with Crippen LogP contribution < -0.4 is 14.2 Å². The van der Waals surface area contributed by atoms with Crippen molar-refractivity contribution >= 4 is 11.8 Å². The Bertz CT molecular complexity index is 976. The van der Waals surface area contributed by atoms with Crippen LogP contribution in [0, 0.1) is 0 Å². The Kier molecular flexibility index (Phi) is 6.88. The molecule has 1 aliphatic rings. The van der Waals surface area contributed by atoms with Crippen LogP contribution >= 0.6 is 0 Å². The third-order valence-corrected chi connectivity index (χ3v) is 5.45. The highest BCUT2D eigenvalue weighted by Crippen LogP contribution is 2.47. The Labute approximate surface area is 183 Å². The van der Waals surface area contributed by atoms with Gasteiger partial charge in [0, 0.05) is 17.5 Å². The van der Waals surface area contributed by atoms with E-state index in [2.05, 4.69) is 0 Å². The molecule has 2 aromatic rings. The first kappa shape index (κ1) is 22.7. The average Bonchev–Trinajstić information content (AvgIpc) is 3.14. The molecule has 0 bridgehead atoms. The number of rotatable bonds is 9. The number of unbranched alkanes of at least 4 members (excludes halogenated alkanes) is 1. The lowest BCUT2D eigenvalue weighted by molar-refractivity contribution is -0.159. The van der Waals surface area contributed by atoms with Crippen LogP contribution in [0.25, 0.3) is 11.1 Å². The zero-order chi connectivity index (χ0) is 22.6. The number of hydrogen-bond donors (Lipinski definition) is 0. The van der Waals surface area contributed by atoms with Crippen molar-refractivity contribution in [2.45, 2.75) is 52.1 Å². The minimum absolute atomic E-state index is 0.139. The van der Waals surface area contributed by atoms with Gasteiger partial charge in [0.1, 0.15) is 0 Å². The maximum Gasteiger partial charge on any atom is 0.349 e. The molecule has 0 saturated heterocycles. The fourth-order valence-corrected chi connectivity index (χ4v) is 3.73. The summed E-state index contributed by atoms with van der Waals surface area (Å²) in [6, 6.07) is 9.34. The Morgan fingerprint density at radius 3 is 2.39 bits per heavy atom. The smallest absolute Gasteiger partial charge is 0.349 e. The monoisotopic (exact) mass is 426 g/mol. The summed E-state index contributed by atoms with van der Waals surface area (Å²) < 4.78 is 22.8. The lowest BCUT2D eigenvalue weighted by atomic mass is 9.95. The van der Waals surface area contributed by atoms with Crippen molar-refractivity contribution in [3.63, 3.8) is 0 Å². The molecule has 166 valence electrons. The summed E-state index contributed by atoms with van der Waals surface area (Å²) in [6.45, 7) is 5.72. The third kappa shape index (κ3) is 4.53. The van der Waals surface area contributed by atoms with Gasteiger partial charge >= 0.3 is 5.97 Å². The Morgan fingerprint density at radius 1 is 0.968 bits per heavy atom. The van der Waals surface area contributed by atoms with Crippen LogP contribution in [-0.2, 0) is 16.0 Å². The number of fused-ring (bicyclic) bond motifs is 1. The minimum Gasteiger partial charge on any atom is -0.493 e. The number of Topliss-reactive ketones (excluding diaryl/α,β-unsaturated/α-hetero) is 1. The van der Waals surface area contributed by atoms with E-state index in [0.717, 1.165) is 35.1 Å². The first-order chi connectivity index (χ1) is 14.8. The number of carbonyl (C=O) groups is 2. The van der Waals surface area contributed by atoms with Gasteiger partial charge in [-0.2, -0.15) is 0 Å². The Morgan fingerprint density at radius 2 is 1.71 bits per heavy atom. The van der Waals surface area contributed by atoms with Crippen molar-refractivity contribution < 1.29 is 28.5 Å². The maximum atomic E-state index is 12.7. The molecule has 0 atom stereocenters. The molecule has 3 rings (SSSR count). The summed E-state index contributed by atoms with van der Waals surface area (Å²) >= 11 is 0. The van der Waals surface area contributed by atoms with Crippen molar-refractivity contribution in [3.8, 4) is 28.4 Å². The van der Waals surface area contributed by atoms with E-state index in [4.69, 9.17) is 18.9 Å². The van der Waals surface area contributed by atoms with Crippen molar-refractivity contribution in [2.24, 2.45) is 0 Å². The standard InChI is InChI=1S/C25H30O6/c1-6-7-15-30-24(27)25(2,3)31-22-19(12-14-21(28-4)23(22)29-5)16-9-8-10-18-17(16)11-13-20(18)26/h8-10,12,14H,6-7,11,13,15H2,1-5H3. The lowest BCUT2D eigenvalue weighted by Gasteiger charge is -2.28. The molecule has 0 heterocycles. The average molecular weight is 427 g/mol. The highest BCUT2D eigenvalue weighted by Gasteiger charge is 2.35. The van der Waals surface area contributed by atoms with Crippen LogP contribution in [-0.4, -0.2) is 38.2 Å². The topological polar surface area (TPSA) is 71.1 Å². The minimum atomic E-state index is -1.25. The molecule has 0 radical (unpaired) electrons. The van der Waals surface area contributed by atoms with E-state index in [1.165, 1.54) is 7.11 Å². The number of hydrogen-bond acceptors (Lipinski definition) is 6. The molecule has 0 saturated carbocycles. The fourth-order valence-electron chi connectivity index (χ4n) is 3.73. The number of ketones is 1. The predicted octanol–water partition coefficient (Wildman–Crippen LogP) is 5.00. The number of esters is 1. The predicted molar refractivity (Wildman–Crippen MR) is 118 cm³/mol. The molecule has 31 heavy (non-hydrogen) atoms. The van der Waals surface area contributed by atoms with Gasteiger partial charge in [0.25, 0.3) is 0 Å². The van der Waals surface area contributed by atoms with Gasteiger partial charge in [-0.05, 0) is 49.9 Å². The highest BCUT2D eigenvalue weighted by molar-refractivity contribution is 6.02. The second kappa shape index (κ2) is 9.41. The van der Waals surface area contributed by atoms with E-state index < -0.39 is 11.6 Å². The van der Waals surface area contributed by atoms with Crippen LogP contribution in [0.15, 0.2) is 30.3 Å². The number of carbonyl (C=O) groups excluding carboxylic acids is 2. The second-order valence-corrected chi connectivity index (χ2v) is 8.03. The molecule has 1 aliphatic carbocycles. The zero-order valence-electron chi connectivity index (χ0n) is 18.9. The molecule has 0 aliphatic heterocycles. The van der Waals surface area contributed by atoms with Crippen LogP contribution in [0.2, 0.25) is 0 Å². The van der Waals surface area contributed by atoms with Crippen molar-refractivity contribution in [1.82, 2.24) is 0 Å². The molecule has 0 N–H and O–H groups in total. The fraction of sp³-hybridized carbons (Fsp3) is 0.440. The first-order valence-corrected chi connectivity index (χ1v) is 10.6. The molecular weight excluding hydrogens is 396 g/mol. The van der Waals surface area contributed by atoms with Gasteiger partial charge in [0.05, 0.1) is 20.8 Å². The molecule has 2 aromatic carbocycles. The van der Waals surface area contributed by atoms with E-state index >= 15 is 0 Å². The summed E-state index contributed by atoms with van der Waals surface area (Å²) in [5, 5.41) is 0. The summed E-state index contributed by atoms with van der Waals surface area (Å²) in [5.41, 5.74) is 2.08. The van der Waals surface area contributed by atoms with Crippen molar-refractivity contribution in [1.29, 1.82) is 0 Å². The normalized spacial score (nSPS) is 13.0. The Balaban J connectivity index is 2.09. The van der Waals surface area contributed by atoms with E-state index in [-0.39, 0.29) is 5.78 Å². The van der Waals surface area contributed by atoms with Crippen LogP contribution in [0.1, 0.15) is 56.0 Å². The van der Waals surface area contributed by atoms with E-state index in [9.17, 15) is 9.59 Å². The SMILES string of the molecule is CCCCOC(=O)C(C)(C)Oc1c(-c2cccc3c2CCC3=O)ccc(OC)c1OC. The van der Waals surface area contributed by atoms with Gasteiger partial charge in [-0.15, -0.1) is 0 Å². The molecule has 0 aromatic heterocycles. The first-order valence-electron chi connectivity index (χ1n) is 10.6. The highest BCUT2D eigenvalue weighted by atomic mass is 16.6. The lowest BCUT2D eigenvalue weighted by Crippen LogP contribution is -2.40. The number of methoxy groups -OCH3 is 2. The van der Waals surface area contributed by atoms with Crippen LogP contribution in [0.3, 0.4) is 0 Å². The summed E-state index contributed by atoms with van der Waals surface area (Å²) in [4.78, 5) is 25.0. The molecule has 0 spiro atoms. The molecule has 0 amide bonds.